The van der Waals surface area contributed by atoms with Crippen LogP contribution < -0.4 is 0 Å². The fourth-order valence-electron chi connectivity index (χ4n) is 3.10. The summed E-state index contributed by atoms with van der Waals surface area (Å²) >= 11 is 0. The molecule has 0 saturated heterocycles. The van der Waals surface area contributed by atoms with Crippen molar-refractivity contribution in [1.29, 1.82) is 0 Å². The average molecular weight is 390 g/mol. The van der Waals surface area contributed by atoms with Gasteiger partial charge in [-0.15, -0.1) is 0 Å². The first-order valence-electron chi connectivity index (χ1n) is 9.80. The standard InChI is InChI=1S/C13H9N.C10H9N.C3H4N2/c1-3-7-12-10(5-1)9-11-6-2-4-8-13(11)14-12;1-8-6-7-9-4-2-3-5-10(9)11-8;1-2-4-5-3-1/h1-9H;2-7H,1H3;1-3H,(H,4,5). The third-order valence-electron chi connectivity index (χ3n) is 4.57. The van der Waals surface area contributed by atoms with Crippen LogP contribution in [0.25, 0.3) is 32.7 Å². The molecule has 0 aliphatic carbocycles. The molecule has 30 heavy (non-hydrogen) atoms. The minimum Gasteiger partial charge on any atom is -0.286 e. The number of nitrogens with zero attached hydrogens (tertiary/aromatic N) is 3. The van der Waals surface area contributed by atoms with Crippen LogP contribution in [0.5, 0.6) is 0 Å². The molecule has 6 rings (SSSR count). The van der Waals surface area contributed by atoms with Crippen LogP contribution in [-0.4, -0.2) is 20.2 Å². The van der Waals surface area contributed by atoms with E-state index in [2.05, 4.69) is 50.5 Å². The molecule has 6 aromatic rings. The molecule has 0 fully saturated rings. The number of aromatic amines is 1. The zero-order chi connectivity index (χ0) is 20.6. The van der Waals surface area contributed by atoms with E-state index in [1.807, 2.05) is 73.7 Å². The van der Waals surface area contributed by atoms with Gasteiger partial charge in [0.25, 0.3) is 0 Å². The maximum atomic E-state index is 4.58. The Balaban J connectivity index is 0.000000121. The van der Waals surface area contributed by atoms with Crippen molar-refractivity contribution in [3.63, 3.8) is 0 Å². The van der Waals surface area contributed by atoms with Crippen LogP contribution >= 0.6 is 0 Å². The Labute approximate surface area is 175 Å². The molecule has 3 aromatic heterocycles. The van der Waals surface area contributed by atoms with Gasteiger partial charge in [-0.3, -0.25) is 10.1 Å². The fourth-order valence-corrected chi connectivity index (χ4v) is 3.10. The lowest BCUT2D eigenvalue weighted by Gasteiger charge is -1.99. The van der Waals surface area contributed by atoms with Crippen molar-refractivity contribution in [2.24, 2.45) is 0 Å². The number of benzene rings is 3. The number of hydrogen-bond acceptors (Lipinski definition) is 3. The van der Waals surface area contributed by atoms with Gasteiger partial charge in [0.05, 0.1) is 16.6 Å². The number of aromatic nitrogens is 4. The van der Waals surface area contributed by atoms with E-state index in [1.165, 1.54) is 16.2 Å². The van der Waals surface area contributed by atoms with Crippen LogP contribution in [0, 0.1) is 6.92 Å². The van der Waals surface area contributed by atoms with Gasteiger partial charge in [0.2, 0.25) is 0 Å². The van der Waals surface area contributed by atoms with Crippen LogP contribution in [0.4, 0.5) is 0 Å². The maximum Gasteiger partial charge on any atom is 0.0709 e. The van der Waals surface area contributed by atoms with Gasteiger partial charge in [0.15, 0.2) is 0 Å². The minimum atomic E-state index is 1.06. The highest BCUT2D eigenvalue weighted by Crippen LogP contribution is 2.18. The summed E-state index contributed by atoms with van der Waals surface area (Å²) in [6.07, 6.45) is 3.46. The summed E-state index contributed by atoms with van der Waals surface area (Å²) in [5.74, 6) is 0. The number of H-pyrrole nitrogens is 1. The number of nitrogens with one attached hydrogen (secondary N) is 1. The molecule has 4 nitrogen and oxygen atoms in total. The lowest BCUT2D eigenvalue weighted by Crippen LogP contribution is -1.80. The number of hydrogen-bond donors (Lipinski definition) is 1. The van der Waals surface area contributed by atoms with Gasteiger partial charge in [0, 0.05) is 34.2 Å². The zero-order valence-electron chi connectivity index (χ0n) is 16.7. The summed E-state index contributed by atoms with van der Waals surface area (Å²) in [6, 6.07) is 32.7. The van der Waals surface area contributed by atoms with E-state index in [9.17, 15) is 0 Å². The van der Waals surface area contributed by atoms with Crippen LogP contribution in [0.1, 0.15) is 5.69 Å². The summed E-state index contributed by atoms with van der Waals surface area (Å²) in [7, 11) is 0. The molecule has 0 atom stereocenters. The summed E-state index contributed by atoms with van der Waals surface area (Å²) < 4.78 is 0. The van der Waals surface area contributed by atoms with Crippen LogP contribution in [0.2, 0.25) is 0 Å². The molecule has 0 bridgehead atoms. The maximum absolute atomic E-state index is 4.58. The Morgan fingerprint density at radius 2 is 1.13 bits per heavy atom. The SMILES string of the molecule is Cc1ccc2ccccc2n1.c1ccc2nc3ccccc3cc2c1.c1cn[nH]c1. The van der Waals surface area contributed by atoms with Gasteiger partial charge in [-0.25, -0.2) is 4.98 Å². The molecule has 0 aliphatic rings. The number of fused-ring (bicyclic) bond motifs is 3. The van der Waals surface area contributed by atoms with Crippen LogP contribution in [-0.2, 0) is 0 Å². The van der Waals surface area contributed by atoms with E-state index >= 15 is 0 Å². The molecule has 0 unspecified atom stereocenters. The third-order valence-corrected chi connectivity index (χ3v) is 4.57. The Hall–Kier alpha value is -4.05. The van der Waals surface area contributed by atoms with Crippen molar-refractivity contribution >= 4 is 32.7 Å². The van der Waals surface area contributed by atoms with Crippen molar-refractivity contribution in [1.82, 2.24) is 20.2 Å². The Bertz CT molecular complexity index is 1240. The largest absolute Gasteiger partial charge is 0.286 e. The number of rotatable bonds is 0. The van der Waals surface area contributed by atoms with Crippen molar-refractivity contribution in [2.75, 3.05) is 0 Å². The van der Waals surface area contributed by atoms with Gasteiger partial charge in [-0.05, 0) is 43.3 Å². The fraction of sp³-hybridized carbons (Fsp3) is 0.0385. The van der Waals surface area contributed by atoms with Gasteiger partial charge < -0.3 is 0 Å². The second kappa shape index (κ2) is 9.43. The predicted molar refractivity (Wildman–Crippen MR) is 124 cm³/mol. The van der Waals surface area contributed by atoms with E-state index in [0.717, 1.165) is 22.2 Å². The van der Waals surface area contributed by atoms with Gasteiger partial charge in [-0.2, -0.15) is 5.10 Å². The van der Waals surface area contributed by atoms with Crippen molar-refractivity contribution in [2.45, 2.75) is 6.92 Å². The first-order valence-corrected chi connectivity index (χ1v) is 9.80. The third kappa shape index (κ3) is 4.86. The number of para-hydroxylation sites is 3. The molecule has 146 valence electrons. The Kier molecular flexibility index (Phi) is 6.06. The molecule has 0 saturated carbocycles. The summed E-state index contributed by atoms with van der Waals surface area (Å²) in [5, 5.41) is 9.82. The second-order valence-corrected chi connectivity index (χ2v) is 6.79. The highest BCUT2D eigenvalue weighted by atomic mass is 15.1. The molecular weight excluding hydrogens is 368 g/mol. The molecule has 3 heterocycles. The molecule has 1 N–H and O–H groups in total. The van der Waals surface area contributed by atoms with E-state index < -0.39 is 0 Å². The van der Waals surface area contributed by atoms with E-state index in [0.29, 0.717) is 0 Å². The number of pyridine rings is 2. The van der Waals surface area contributed by atoms with Crippen LogP contribution in [0.15, 0.2) is 109 Å². The number of aryl methyl sites for hydroxylation is 1. The lowest BCUT2D eigenvalue weighted by atomic mass is 10.1. The first kappa shape index (κ1) is 19.3. The Morgan fingerprint density at radius 1 is 0.567 bits per heavy atom. The summed E-state index contributed by atoms with van der Waals surface area (Å²) in [6.45, 7) is 2.01. The monoisotopic (exact) mass is 390 g/mol. The smallest absolute Gasteiger partial charge is 0.0709 e. The predicted octanol–water partition coefficient (Wildman–Crippen LogP) is 6.34. The highest BCUT2D eigenvalue weighted by Gasteiger charge is 1.96. The van der Waals surface area contributed by atoms with Crippen molar-refractivity contribution in [3.8, 4) is 0 Å². The molecular formula is C26H22N4. The molecule has 0 amide bonds. The minimum absolute atomic E-state index is 1.06. The van der Waals surface area contributed by atoms with Gasteiger partial charge >= 0.3 is 0 Å². The molecule has 0 radical (unpaired) electrons. The summed E-state index contributed by atoms with van der Waals surface area (Å²) in [5.41, 5.74) is 4.27. The van der Waals surface area contributed by atoms with Gasteiger partial charge in [-0.1, -0.05) is 60.7 Å². The lowest BCUT2D eigenvalue weighted by molar-refractivity contribution is 1.09. The Morgan fingerprint density at radius 3 is 1.67 bits per heavy atom. The topological polar surface area (TPSA) is 54.5 Å². The van der Waals surface area contributed by atoms with E-state index in [1.54, 1.807) is 12.4 Å². The molecule has 0 spiro atoms. The average Bonchev–Trinajstić information content (AvgIpc) is 3.38. The highest BCUT2D eigenvalue weighted by molar-refractivity contribution is 5.92. The van der Waals surface area contributed by atoms with Crippen molar-refractivity contribution in [3.05, 3.63) is 115 Å². The molecule has 3 aromatic carbocycles. The quantitative estimate of drug-likeness (QED) is 0.308. The normalized spacial score (nSPS) is 10.2. The van der Waals surface area contributed by atoms with E-state index in [4.69, 9.17) is 0 Å². The van der Waals surface area contributed by atoms with E-state index in [-0.39, 0.29) is 0 Å². The van der Waals surface area contributed by atoms with Crippen LogP contribution in [0.3, 0.4) is 0 Å². The van der Waals surface area contributed by atoms with Crippen molar-refractivity contribution < 1.29 is 0 Å². The summed E-state index contributed by atoms with van der Waals surface area (Å²) in [4.78, 5) is 8.95. The zero-order valence-corrected chi connectivity index (χ0v) is 16.7. The first-order chi connectivity index (χ1) is 14.8. The molecule has 0 aliphatic heterocycles. The van der Waals surface area contributed by atoms with Gasteiger partial charge in [0.1, 0.15) is 0 Å². The second-order valence-electron chi connectivity index (χ2n) is 6.79. The molecule has 4 heteroatoms.